The molecule has 1 unspecified atom stereocenters. The van der Waals surface area contributed by atoms with Crippen molar-refractivity contribution >= 4 is 38.9 Å². The zero-order valence-corrected chi connectivity index (χ0v) is 12.8. The number of halogens is 2. The molecule has 0 nitrogen and oxygen atoms in total. The van der Waals surface area contributed by atoms with Crippen LogP contribution in [0.15, 0.2) is 27.6 Å². The Morgan fingerprint density at radius 3 is 2.81 bits per heavy atom. The maximum absolute atomic E-state index is 6.29. The van der Waals surface area contributed by atoms with Crippen LogP contribution in [0.1, 0.15) is 31.6 Å². The molecule has 3 heteroatoms. The summed E-state index contributed by atoms with van der Waals surface area (Å²) in [6, 6.07) is 4.31. The molecule has 0 saturated heterocycles. The van der Waals surface area contributed by atoms with Crippen molar-refractivity contribution in [3.8, 4) is 0 Å². The van der Waals surface area contributed by atoms with Crippen LogP contribution in [0.2, 0.25) is 0 Å². The minimum atomic E-state index is 0.210. The highest BCUT2D eigenvalue weighted by Gasteiger charge is 2.27. The first-order valence-corrected chi connectivity index (χ1v) is 7.57. The van der Waals surface area contributed by atoms with Crippen molar-refractivity contribution in [2.45, 2.75) is 38.5 Å². The average Bonchev–Trinajstić information content (AvgIpc) is 2.46. The first kappa shape index (κ1) is 12.7. The van der Waals surface area contributed by atoms with Gasteiger partial charge in [0.25, 0.3) is 0 Å². The highest BCUT2D eigenvalue weighted by atomic mass is 79.9. The molecular weight excluding hydrogens is 304 g/mol. The van der Waals surface area contributed by atoms with Crippen molar-refractivity contribution in [1.82, 2.24) is 0 Å². The monoisotopic (exact) mass is 318 g/mol. The van der Waals surface area contributed by atoms with E-state index in [0.29, 0.717) is 5.41 Å². The zero-order chi connectivity index (χ0) is 11.8. The minimum Gasteiger partial charge on any atom is -0.133 e. The average molecular weight is 320 g/mol. The second-order valence-corrected chi connectivity index (χ2v) is 8.38. The van der Waals surface area contributed by atoms with Crippen molar-refractivity contribution in [1.29, 1.82) is 0 Å². The van der Waals surface area contributed by atoms with Crippen molar-refractivity contribution in [3.63, 3.8) is 0 Å². The lowest BCUT2D eigenvalue weighted by atomic mass is 9.76. The summed E-state index contributed by atoms with van der Waals surface area (Å²) in [5.74, 6) is 0. The Morgan fingerprint density at radius 1 is 1.50 bits per heavy atom. The van der Waals surface area contributed by atoms with E-state index < -0.39 is 0 Å². The molecule has 1 atom stereocenters. The van der Waals surface area contributed by atoms with Crippen LogP contribution < -0.4 is 0 Å². The number of hydrogen-bond acceptors (Lipinski definition) is 1. The van der Waals surface area contributed by atoms with Crippen molar-refractivity contribution in [2.24, 2.45) is 5.41 Å². The molecule has 1 aromatic heterocycles. The van der Waals surface area contributed by atoms with Gasteiger partial charge in [-0.2, -0.15) is 0 Å². The number of hydrogen-bond donors (Lipinski definition) is 0. The molecule has 0 bridgehead atoms. The van der Waals surface area contributed by atoms with Crippen molar-refractivity contribution < 1.29 is 0 Å². The molecule has 88 valence electrons. The van der Waals surface area contributed by atoms with Crippen LogP contribution in [0, 0.1) is 5.41 Å². The Labute approximate surface area is 115 Å². The van der Waals surface area contributed by atoms with E-state index in [1.165, 1.54) is 20.7 Å². The molecule has 0 amide bonds. The third-order valence-electron chi connectivity index (χ3n) is 2.90. The van der Waals surface area contributed by atoms with Crippen LogP contribution in [0.3, 0.4) is 0 Å². The molecule has 0 spiro atoms. The largest absolute Gasteiger partial charge is 0.133 e. The second-order valence-electron chi connectivity index (χ2n) is 5.27. The lowest BCUT2D eigenvalue weighted by Gasteiger charge is -2.32. The SMILES string of the molecule is CC1(C)CC(Cc2ccc(Br)s2)=CC(Cl)C1. The molecule has 0 N–H and O–H groups in total. The Balaban J connectivity index is 2.10. The standard InChI is InChI=1S/C13H16BrClS/c1-13(2)7-9(5-10(15)8-13)6-11-3-4-12(14)16-11/h3-5,10H,6-8H2,1-2H3. The van der Waals surface area contributed by atoms with E-state index in [1.807, 2.05) is 11.3 Å². The van der Waals surface area contributed by atoms with Gasteiger partial charge in [-0.25, -0.2) is 0 Å². The third kappa shape index (κ3) is 3.35. The molecule has 1 aliphatic carbocycles. The summed E-state index contributed by atoms with van der Waals surface area (Å²) in [6.45, 7) is 4.61. The van der Waals surface area contributed by atoms with E-state index in [1.54, 1.807) is 0 Å². The van der Waals surface area contributed by atoms with E-state index >= 15 is 0 Å². The molecule has 1 heterocycles. The van der Waals surface area contributed by atoms with Gasteiger partial charge >= 0.3 is 0 Å². The molecular formula is C13H16BrClS. The molecule has 1 aliphatic rings. The van der Waals surface area contributed by atoms with Crippen LogP contribution in [-0.2, 0) is 6.42 Å². The number of rotatable bonds is 2. The fraction of sp³-hybridized carbons (Fsp3) is 0.538. The zero-order valence-electron chi connectivity index (χ0n) is 9.59. The minimum absolute atomic E-state index is 0.210. The molecule has 0 aromatic carbocycles. The quantitative estimate of drug-likeness (QED) is 0.505. The van der Waals surface area contributed by atoms with Gasteiger partial charge in [0.05, 0.1) is 9.16 Å². The fourth-order valence-electron chi connectivity index (χ4n) is 2.38. The van der Waals surface area contributed by atoms with Gasteiger partial charge in [-0.1, -0.05) is 25.5 Å². The van der Waals surface area contributed by atoms with Crippen LogP contribution >= 0.6 is 38.9 Å². The van der Waals surface area contributed by atoms with Crippen LogP contribution in [0.5, 0.6) is 0 Å². The van der Waals surface area contributed by atoms with E-state index in [4.69, 9.17) is 11.6 Å². The predicted octanol–water partition coefficient (Wildman–Crippen LogP) is 5.41. The van der Waals surface area contributed by atoms with E-state index in [2.05, 4.69) is 48.0 Å². The summed E-state index contributed by atoms with van der Waals surface area (Å²) >= 11 is 11.6. The van der Waals surface area contributed by atoms with Gasteiger partial charge in [0.2, 0.25) is 0 Å². The summed E-state index contributed by atoms with van der Waals surface area (Å²) in [6.07, 6.45) is 5.57. The number of alkyl halides is 1. The highest BCUT2D eigenvalue weighted by Crippen LogP contribution is 2.39. The predicted molar refractivity (Wildman–Crippen MR) is 76.5 cm³/mol. The molecule has 16 heavy (non-hydrogen) atoms. The smallest absolute Gasteiger partial charge is 0.0701 e. The Kier molecular flexibility index (Phi) is 3.82. The van der Waals surface area contributed by atoms with Gasteiger partial charge < -0.3 is 0 Å². The first-order valence-electron chi connectivity index (χ1n) is 5.52. The first-order chi connectivity index (χ1) is 7.44. The van der Waals surface area contributed by atoms with Crippen LogP contribution in [0.25, 0.3) is 0 Å². The molecule has 1 aromatic rings. The van der Waals surface area contributed by atoms with Crippen LogP contribution in [0.4, 0.5) is 0 Å². The van der Waals surface area contributed by atoms with Gasteiger partial charge in [0.15, 0.2) is 0 Å². The van der Waals surface area contributed by atoms with Crippen LogP contribution in [-0.4, -0.2) is 5.38 Å². The fourth-order valence-corrected chi connectivity index (χ4v) is 4.51. The molecule has 0 fully saturated rings. The summed E-state index contributed by atoms with van der Waals surface area (Å²) in [4.78, 5) is 1.42. The topological polar surface area (TPSA) is 0 Å². The summed E-state index contributed by atoms with van der Waals surface area (Å²) in [7, 11) is 0. The summed E-state index contributed by atoms with van der Waals surface area (Å²) < 4.78 is 1.21. The van der Waals surface area contributed by atoms with E-state index in [0.717, 1.165) is 12.8 Å². The Morgan fingerprint density at radius 2 is 2.25 bits per heavy atom. The number of allylic oxidation sites excluding steroid dienone is 2. The van der Waals surface area contributed by atoms with Crippen molar-refractivity contribution in [2.75, 3.05) is 0 Å². The lowest BCUT2D eigenvalue weighted by molar-refractivity contribution is 0.320. The maximum atomic E-state index is 6.29. The highest BCUT2D eigenvalue weighted by molar-refractivity contribution is 9.11. The van der Waals surface area contributed by atoms with Gasteiger partial charge in [0, 0.05) is 11.3 Å². The van der Waals surface area contributed by atoms with Crippen molar-refractivity contribution in [3.05, 3.63) is 32.4 Å². The van der Waals surface area contributed by atoms with Gasteiger partial charge in [-0.3, -0.25) is 0 Å². The second kappa shape index (κ2) is 4.83. The van der Waals surface area contributed by atoms with E-state index in [-0.39, 0.29) is 5.38 Å². The molecule has 0 aliphatic heterocycles. The Bertz CT molecular complexity index is 406. The maximum Gasteiger partial charge on any atom is 0.0701 e. The molecule has 0 saturated carbocycles. The normalized spacial score (nSPS) is 24.2. The molecule has 0 radical (unpaired) electrons. The van der Waals surface area contributed by atoms with E-state index in [9.17, 15) is 0 Å². The van der Waals surface area contributed by atoms with Gasteiger partial charge in [0.1, 0.15) is 0 Å². The molecule has 2 rings (SSSR count). The Hall–Kier alpha value is 0.210. The summed E-state index contributed by atoms with van der Waals surface area (Å²) in [5.41, 5.74) is 1.84. The lowest BCUT2D eigenvalue weighted by Crippen LogP contribution is -2.22. The third-order valence-corrected chi connectivity index (χ3v) is 4.80. The van der Waals surface area contributed by atoms with Gasteiger partial charge in [-0.15, -0.1) is 22.9 Å². The van der Waals surface area contributed by atoms with Gasteiger partial charge in [-0.05, 0) is 46.3 Å². The number of thiophene rings is 1. The summed E-state index contributed by atoms with van der Waals surface area (Å²) in [5, 5.41) is 0.210.